The molecule has 1 aromatic rings. The Balaban J connectivity index is 1.87. The van der Waals surface area contributed by atoms with Crippen LogP contribution in [0.15, 0.2) is 22.7 Å². The van der Waals surface area contributed by atoms with Gasteiger partial charge in [-0.25, -0.2) is 9.18 Å². The minimum atomic E-state index is -0.376. The second-order valence-corrected chi connectivity index (χ2v) is 5.46. The van der Waals surface area contributed by atoms with Gasteiger partial charge in [0.15, 0.2) is 0 Å². The Bertz CT molecular complexity index is 522. The first-order valence-corrected chi connectivity index (χ1v) is 7.05. The van der Waals surface area contributed by atoms with Crippen molar-refractivity contribution in [2.45, 2.75) is 13.0 Å². The second-order valence-electron chi connectivity index (χ2n) is 4.55. The number of hydrogen-bond acceptors (Lipinski definition) is 3. The molecule has 0 aliphatic carbocycles. The van der Waals surface area contributed by atoms with Crippen LogP contribution in [0.5, 0.6) is 0 Å². The van der Waals surface area contributed by atoms with Crippen molar-refractivity contribution in [1.82, 2.24) is 15.5 Å². The number of carbonyl (C=O) groups excluding carboxylic acids is 2. The molecule has 1 heterocycles. The molecule has 20 heavy (non-hydrogen) atoms. The summed E-state index contributed by atoms with van der Waals surface area (Å²) < 4.78 is 14.4. The number of carbonyl (C=O) groups is 2. The highest BCUT2D eigenvalue weighted by atomic mass is 79.9. The van der Waals surface area contributed by atoms with Crippen LogP contribution < -0.4 is 10.6 Å². The van der Waals surface area contributed by atoms with Crippen LogP contribution in [0.25, 0.3) is 0 Å². The normalized spacial score (nSPS) is 16.4. The van der Waals surface area contributed by atoms with Crippen molar-refractivity contribution in [3.63, 3.8) is 0 Å². The molecule has 1 aliphatic heterocycles. The van der Waals surface area contributed by atoms with Crippen LogP contribution in [-0.2, 0) is 4.79 Å². The Hall–Kier alpha value is -1.47. The Morgan fingerprint density at radius 1 is 1.50 bits per heavy atom. The molecule has 1 aromatic carbocycles. The molecule has 0 spiro atoms. The van der Waals surface area contributed by atoms with Gasteiger partial charge in [-0.15, -0.1) is 0 Å². The van der Waals surface area contributed by atoms with Crippen molar-refractivity contribution in [2.24, 2.45) is 0 Å². The zero-order valence-electron chi connectivity index (χ0n) is 11.0. The molecule has 0 bridgehead atoms. The van der Waals surface area contributed by atoms with E-state index >= 15 is 0 Å². The molecule has 3 amide bonds. The van der Waals surface area contributed by atoms with Crippen molar-refractivity contribution < 1.29 is 14.0 Å². The van der Waals surface area contributed by atoms with E-state index in [1.807, 2.05) is 6.92 Å². The summed E-state index contributed by atoms with van der Waals surface area (Å²) >= 11 is 3.21. The van der Waals surface area contributed by atoms with Gasteiger partial charge in [0.05, 0.1) is 6.54 Å². The van der Waals surface area contributed by atoms with Crippen LogP contribution in [0, 0.1) is 5.82 Å². The number of imide groups is 1. The van der Waals surface area contributed by atoms with Gasteiger partial charge in [0.1, 0.15) is 5.82 Å². The molecule has 0 aromatic heterocycles. The molecule has 5 nitrogen and oxygen atoms in total. The van der Waals surface area contributed by atoms with E-state index in [9.17, 15) is 14.0 Å². The van der Waals surface area contributed by atoms with Crippen LogP contribution in [0.4, 0.5) is 9.18 Å². The lowest BCUT2D eigenvalue weighted by molar-refractivity contribution is -0.124. The van der Waals surface area contributed by atoms with Gasteiger partial charge in [-0.3, -0.25) is 9.69 Å². The maximum Gasteiger partial charge on any atom is 0.324 e. The molecular formula is C13H15BrFN3O2. The van der Waals surface area contributed by atoms with Gasteiger partial charge in [0.25, 0.3) is 0 Å². The fraction of sp³-hybridized carbons (Fsp3) is 0.385. The van der Waals surface area contributed by atoms with E-state index in [0.29, 0.717) is 16.6 Å². The molecule has 0 radical (unpaired) electrons. The van der Waals surface area contributed by atoms with Crippen LogP contribution in [0.2, 0.25) is 0 Å². The van der Waals surface area contributed by atoms with E-state index in [1.165, 1.54) is 6.07 Å². The van der Waals surface area contributed by atoms with E-state index < -0.39 is 0 Å². The minimum absolute atomic E-state index is 0.0513. The van der Waals surface area contributed by atoms with Gasteiger partial charge < -0.3 is 10.6 Å². The van der Waals surface area contributed by atoms with Gasteiger partial charge >= 0.3 is 6.03 Å². The number of hydrogen-bond donors (Lipinski definition) is 2. The molecule has 2 rings (SSSR count). The first kappa shape index (κ1) is 14.9. The van der Waals surface area contributed by atoms with E-state index in [-0.39, 0.29) is 36.9 Å². The number of amides is 3. The predicted octanol–water partition coefficient (Wildman–Crippen LogP) is 1.79. The highest BCUT2D eigenvalue weighted by Gasteiger charge is 2.27. The number of nitrogens with one attached hydrogen (secondary N) is 2. The third-order valence-corrected chi connectivity index (χ3v) is 3.65. The standard InChI is InChI=1S/C13H15BrFN3O2/c1-8(10-3-2-9(14)6-11(10)15)16-4-5-18-12(19)7-17-13(18)20/h2-3,6,8,16H,4-5,7H2,1H3,(H,17,20)/t8-/m0/s1. The van der Waals surface area contributed by atoms with Gasteiger partial charge in [0.2, 0.25) is 5.91 Å². The Morgan fingerprint density at radius 2 is 2.25 bits per heavy atom. The van der Waals surface area contributed by atoms with E-state index in [1.54, 1.807) is 12.1 Å². The lowest BCUT2D eigenvalue weighted by Crippen LogP contribution is -2.37. The first-order valence-electron chi connectivity index (χ1n) is 6.25. The zero-order chi connectivity index (χ0) is 14.7. The zero-order valence-corrected chi connectivity index (χ0v) is 12.5. The van der Waals surface area contributed by atoms with E-state index in [2.05, 4.69) is 26.6 Å². The summed E-state index contributed by atoms with van der Waals surface area (Å²) in [7, 11) is 0. The maximum atomic E-state index is 13.8. The lowest BCUT2D eigenvalue weighted by atomic mass is 10.1. The van der Waals surface area contributed by atoms with Crippen molar-refractivity contribution in [1.29, 1.82) is 0 Å². The summed E-state index contributed by atoms with van der Waals surface area (Å²) in [6.07, 6.45) is 0. The Labute approximate surface area is 124 Å². The molecule has 108 valence electrons. The molecule has 1 atom stereocenters. The minimum Gasteiger partial charge on any atom is -0.329 e. The first-order chi connectivity index (χ1) is 9.49. The van der Waals surface area contributed by atoms with Crippen molar-refractivity contribution in [3.05, 3.63) is 34.1 Å². The molecule has 1 saturated heterocycles. The Morgan fingerprint density at radius 3 is 2.85 bits per heavy atom. The predicted molar refractivity (Wildman–Crippen MR) is 75.6 cm³/mol. The summed E-state index contributed by atoms with van der Waals surface area (Å²) in [4.78, 5) is 23.8. The SMILES string of the molecule is C[C@H](NCCN1C(=O)CNC1=O)c1ccc(Br)cc1F. The number of rotatable bonds is 5. The van der Waals surface area contributed by atoms with Crippen molar-refractivity contribution in [2.75, 3.05) is 19.6 Å². The van der Waals surface area contributed by atoms with E-state index in [0.717, 1.165) is 4.90 Å². The van der Waals surface area contributed by atoms with Crippen LogP contribution in [0.1, 0.15) is 18.5 Å². The number of urea groups is 1. The van der Waals surface area contributed by atoms with Gasteiger partial charge in [-0.2, -0.15) is 0 Å². The Kier molecular flexibility index (Phi) is 4.72. The second kappa shape index (κ2) is 6.32. The number of halogens is 2. The smallest absolute Gasteiger partial charge is 0.324 e. The molecule has 0 saturated carbocycles. The monoisotopic (exact) mass is 343 g/mol. The fourth-order valence-corrected chi connectivity index (χ4v) is 2.37. The van der Waals surface area contributed by atoms with Crippen molar-refractivity contribution >= 4 is 27.9 Å². The van der Waals surface area contributed by atoms with Crippen LogP contribution >= 0.6 is 15.9 Å². The van der Waals surface area contributed by atoms with Crippen molar-refractivity contribution in [3.8, 4) is 0 Å². The average Bonchev–Trinajstić information content (AvgIpc) is 2.70. The molecule has 0 unspecified atom stereocenters. The summed E-state index contributed by atoms with van der Waals surface area (Å²) in [6.45, 7) is 2.57. The summed E-state index contributed by atoms with van der Waals surface area (Å²) in [5.74, 6) is -0.534. The molecule has 1 aliphatic rings. The number of benzene rings is 1. The highest BCUT2D eigenvalue weighted by molar-refractivity contribution is 9.10. The summed E-state index contributed by atoms with van der Waals surface area (Å²) in [5.41, 5.74) is 0.547. The summed E-state index contributed by atoms with van der Waals surface area (Å²) in [6, 6.07) is 4.30. The molecular weight excluding hydrogens is 329 g/mol. The highest BCUT2D eigenvalue weighted by Crippen LogP contribution is 2.20. The van der Waals surface area contributed by atoms with Gasteiger partial charge in [-0.05, 0) is 19.1 Å². The molecule has 2 N–H and O–H groups in total. The molecule has 1 fully saturated rings. The van der Waals surface area contributed by atoms with Crippen LogP contribution in [0.3, 0.4) is 0 Å². The molecule has 7 heteroatoms. The quantitative estimate of drug-likeness (QED) is 0.801. The fourth-order valence-electron chi connectivity index (χ4n) is 2.04. The average molecular weight is 344 g/mol. The largest absolute Gasteiger partial charge is 0.329 e. The number of nitrogens with zero attached hydrogens (tertiary/aromatic N) is 1. The van der Waals surface area contributed by atoms with E-state index in [4.69, 9.17) is 0 Å². The maximum absolute atomic E-state index is 13.8. The van der Waals surface area contributed by atoms with Gasteiger partial charge in [-0.1, -0.05) is 22.0 Å². The third-order valence-electron chi connectivity index (χ3n) is 3.15. The third kappa shape index (κ3) is 3.34. The lowest BCUT2D eigenvalue weighted by Gasteiger charge is -2.18. The summed E-state index contributed by atoms with van der Waals surface area (Å²) in [5, 5.41) is 5.55. The van der Waals surface area contributed by atoms with Gasteiger partial charge in [0, 0.05) is 29.2 Å². The topological polar surface area (TPSA) is 61.4 Å². The van der Waals surface area contributed by atoms with Crippen LogP contribution in [-0.4, -0.2) is 36.5 Å².